The Morgan fingerprint density at radius 3 is 2.78 bits per heavy atom. The monoisotopic (exact) mass is 267 g/mol. The Labute approximate surface area is 112 Å². The Morgan fingerprint density at radius 2 is 2.11 bits per heavy atom. The molecule has 1 heterocycles. The van der Waals surface area contributed by atoms with Crippen LogP contribution >= 0.6 is 11.8 Å². The first-order valence-electron chi connectivity index (χ1n) is 6.94. The molecule has 0 saturated heterocycles. The molecule has 18 heavy (non-hydrogen) atoms. The first-order chi connectivity index (χ1) is 8.83. The third kappa shape index (κ3) is 2.54. The van der Waals surface area contributed by atoms with Gasteiger partial charge in [0.1, 0.15) is 0 Å². The molecule has 1 aromatic heterocycles. The van der Waals surface area contributed by atoms with Gasteiger partial charge in [0, 0.05) is 5.75 Å². The van der Waals surface area contributed by atoms with Crippen molar-refractivity contribution in [1.29, 1.82) is 0 Å². The zero-order chi connectivity index (χ0) is 12.4. The molecule has 0 amide bonds. The molecular formula is C12H21N5S. The van der Waals surface area contributed by atoms with Gasteiger partial charge in [-0.05, 0) is 54.5 Å². The molecule has 1 aromatic rings. The lowest BCUT2D eigenvalue weighted by Crippen LogP contribution is -2.13. The van der Waals surface area contributed by atoms with E-state index < -0.39 is 0 Å². The van der Waals surface area contributed by atoms with Crippen molar-refractivity contribution in [3.8, 4) is 0 Å². The van der Waals surface area contributed by atoms with Gasteiger partial charge >= 0.3 is 0 Å². The van der Waals surface area contributed by atoms with Gasteiger partial charge in [0.15, 0.2) is 0 Å². The largest absolute Gasteiger partial charge is 0.330 e. The Kier molecular flexibility index (Phi) is 3.56. The summed E-state index contributed by atoms with van der Waals surface area (Å²) in [5.74, 6) is 1.12. The van der Waals surface area contributed by atoms with Crippen LogP contribution in [-0.4, -0.2) is 32.5 Å². The summed E-state index contributed by atoms with van der Waals surface area (Å²) >= 11 is 1.82. The molecule has 2 aliphatic carbocycles. The molecule has 2 aliphatic rings. The van der Waals surface area contributed by atoms with Gasteiger partial charge < -0.3 is 5.73 Å². The minimum absolute atomic E-state index is 0.492. The number of thioether (sulfide) groups is 1. The van der Waals surface area contributed by atoms with Gasteiger partial charge in [0.25, 0.3) is 0 Å². The van der Waals surface area contributed by atoms with Crippen molar-refractivity contribution in [2.45, 2.75) is 56.1 Å². The third-order valence-corrected chi connectivity index (χ3v) is 5.56. The third-order valence-electron chi connectivity index (χ3n) is 4.27. The van der Waals surface area contributed by atoms with Gasteiger partial charge in [-0.1, -0.05) is 24.6 Å². The van der Waals surface area contributed by atoms with Crippen LogP contribution in [0.15, 0.2) is 5.16 Å². The molecule has 0 radical (unpaired) electrons. The van der Waals surface area contributed by atoms with Crippen molar-refractivity contribution >= 4 is 11.8 Å². The van der Waals surface area contributed by atoms with Gasteiger partial charge in [-0.25, -0.2) is 4.68 Å². The van der Waals surface area contributed by atoms with Crippen LogP contribution in [0.3, 0.4) is 0 Å². The highest BCUT2D eigenvalue weighted by molar-refractivity contribution is 7.99. The van der Waals surface area contributed by atoms with Crippen LogP contribution in [-0.2, 0) is 0 Å². The zero-order valence-corrected chi connectivity index (χ0v) is 11.5. The molecule has 0 unspecified atom stereocenters. The number of rotatable bonds is 6. The van der Waals surface area contributed by atoms with E-state index in [1.165, 1.54) is 38.5 Å². The first-order valence-corrected chi connectivity index (χ1v) is 7.92. The van der Waals surface area contributed by atoms with Crippen LogP contribution in [0.2, 0.25) is 0 Å². The molecule has 3 rings (SSSR count). The highest BCUT2D eigenvalue weighted by Gasteiger charge is 2.41. The molecule has 6 heteroatoms. The van der Waals surface area contributed by atoms with Crippen molar-refractivity contribution < 1.29 is 0 Å². The SMILES string of the molecule is NCCC1(CSc2nnnn2C2CCCC2)CC1. The van der Waals surface area contributed by atoms with Gasteiger partial charge in [0.05, 0.1) is 6.04 Å². The summed E-state index contributed by atoms with van der Waals surface area (Å²) < 4.78 is 2.05. The van der Waals surface area contributed by atoms with Crippen molar-refractivity contribution in [2.75, 3.05) is 12.3 Å². The summed E-state index contributed by atoms with van der Waals surface area (Å²) in [5.41, 5.74) is 6.17. The van der Waals surface area contributed by atoms with Crippen LogP contribution < -0.4 is 5.73 Å². The van der Waals surface area contributed by atoms with E-state index >= 15 is 0 Å². The minimum Gasteiger partial charge on any atom is -0.330 e. The molecule has 0 atom stereocenters. The van der Waals surface area contributed by atoms with E-state index in [0.717, 1.165) is 23.9 Å². The second kappa shape index (κ2) is 5.17. The van der Waals surface area contributed by atoms with Crippen LogP contribution in [0.25, 0.3) is 0 Å². The highest BCUT2D eigenvalue weighted by Crippen LogP contribution is 2.51. The lowest BCUT2D eigenvalue weighted by molar-refractivity contribution is 0.422. The van der Waals surface area contributed by atoms with Crippen molar-refractivity contribution in [3.05, 3.63) is 0 Å². The van der Waals surface area contributed by atoms with E-state index in [4.69, 9.17) is 5.73 Å². The molecule has 2 fully saturated rings. The predicted octanol–water partition coefficient (Wildman–Crippen LogP) is 2.01. The Hall–Kier alpha value is -0.620. The fourth-order valence-corrected chi connectivity index (χ4v) is 4.11. The van der Waals surface area contributed by atoms with E-state index in [1.807, 2.05) is 11.8 Å². The maximum Gasteiger partial charge on any atom is 0.209 e. The Balaban J connectivity index is 1.61. The van der Waals surface area contributed by atoms with Crippen molar-refractivity contribution in [2.24, 2.45) is 11.1 Å². The normalized spacial score (nSPS) is 22.5. The average molecular weight is 267 g/mol. The molecule has 2 N–H and O–H groups in total. The molecule has 5 nitrogen and oxygen atoms in total. The Morgan fingerprint density at radius 1 is 1.33 bits per heavy atom. The smallest absolute Gasteiger partial charge is 0.209 e. The number of hydrogen-bond donors (Lipinski definition) is 1. The number of tetrazole rings is 1. The summed E-state index contributed by atoms with van der Waals surface area (Å²) in [5, 5.41) is 13.2. The molecule has 0 bridgehead atoms. The summed E-state index contributed by atoms with van der Waals surface area (Å²) in [4.78, 5) is 0. The van der Waals surface area contributed by atoms with E-state index in [1.54, 1.807) is 0 Å². The van der Waals surface area contributed by atoms with Crippen molar-refractivity contribution in [3.63, 3.8) is 0 Å². The maximum absolute atomic E-state index is 5.68. The summed E-state index contributed by atoms with van der Waals surface area (Å²) in [6.45, 7) is 0.800. The Bertz CT molecular complexity index is 395. The molecule has 100 valence electrons. The van der Waals surface area contributed by atoms with Gasteiger partial charge in [0.2, 0.25) is 5.16 Å². The van der Waals surface area contributed by atoms with Gasteiger partial charge in [-0.2, -0.15) is 0 Å². The fourth-order valence-electron chi connectivity index (χ4n) is 2.83. The molecule has 0 aromatic carbocycles. The molecule has 0 spiro atoms. The van der Waals surface area contributed by atoms with E-state index in [9.17, 15) is 0 Å². The topological polar surface area (TPSA) is 69.6 Å². The summed E-state index contributed by atoms with van der Waals surface area (Å²) in [6, 6.07) is 0.534. The van der Waals surface area contributed by atoms with E-state index in [2.05, 4.69) is 20.2 Å². The first kappa shape index (κ1) is 12.4. The zero-order valence-electron chi connectivity index (χ0n) is 10.7. The summed E-state index contributed by atoms with van der Waals surface area (Å²) in [6.07, 6.45) is 8.87. The lowest BCUT2D eigenvalue weighted by Gasteiger charge is -2.14. The average Bonchev–Trinajstić information content (AvgIpc) is 2.86. The van der Waals surface area contributed by atoms with Gasteiger partial charge in [-0.3, -0.25) is 0 Å². The molecule has 2 saturated carbocycles. The molecular weight excluding hydrogens is 246 g/mol. The lowest BCUT2D eigenvalue weighted by atomic mass is 10.1. The quantitative estimate of drug-likeness (QED) is 0.798. The van der Waals surface area contributed by atoms with Crippen LogP contribution in [0.4, 0.5) is 0 Å². The van der Waals surface area contributed by atoms with Crippen molar-refractivity contribution in [1.82, 2.24) is 20.2 Å². The number of nitrogens with zero attached hydrogens (tertiary/aromatic N) is 4. The second-order valence-corrected chi connectivity index (χ2v) is 6.61. The predicted molar refractivity (Wildman–Crippen MR) is 71.4 cm³/mol. The fraction of sp³-hybridized carbons (Fsp3) is 0.917. The second-order valence-electron chi connectivity index (χ2n) is 5.67. The highest BCUT2D eigenvalue weighted by atomic mass is 32.2. The van der Waals surface area contributed by atoms with Crippen LogP contribution in [0.5, 0.6) is 0 Å². The van der Waals surface area contributed by atoms with Gasteiger partial charge in [-0.15, -0.1) is 5.10 Å². The number of hydrogen-bond acceptors (Lipinski definition) is 5. The summed E-state index contributed by atoms with van der Waals surface area (Å²) in [7, 11) is 0. The van der Waals surface area contributed by atoms with Crippen LogP contribution in [0.1, 0.15) is 51.0 Å². The van der Waals surface area contributed by atoms with E-state index in [0.29, 0.717) is 11.5 Å². The minimum atomic E-state index is 0.492. The number of aromatic nitrogens is 4. The van der Waals surface area contributed by atoms with E-state index in [-0.39, 0.29) is 0 Å². The van der Waals surface area contributed by atoms with Crippen LogP contribution in [0, 0.1) is 5.41 Å². The standard InChI is InChI=1S/C12H21N5S/c13-8-7-12(5-6-12)9-18-11-14-15-16-17(11)10-3-1-2-4-10/h10H,1-9,13H2. The molecule has 0 aliphatic heterocycles. The number of nitrogens with two attached hydrogens (primary N) is 1. The maximum atomic E-state index is 5.68.